The molecule has 3 nitrogen and oxygen atoms in total. The van der Waals surface area contributed by atoms with Crippen LogP contribution in [0.5, 0.6) is 0 Å². The topological polar surface area (TPSA) is 45.8 Å². The van der Waals surface area contributed by atoms with E-state index in [1.54, 1.807) is 0 Å². The average Bonchev–Trinajstić information content (AvgIpc) is 2.86. The molecule has 0 aliphatic rings. The number of pyridine rings is 1. The molecule has 2 heterocycles. The third-order valence-corrected chi connectivity index (χ3v) is 3.83. The minimum Gasteiger partial charge on any atom is -0.345 e. The van der Waals surface area contributed by atoms with E-state index in [9.17, 15) is 13.6 Å². The molecule has 7 heteroatoms. The maximum absolute atomic E-state index is 14.0. The molecule has 0 amide bonds. The number of carbonyl (C=O) groups is 1. The molecule has 0 bridgehead atoms. The molecule has 0 aliphatic heterocycles. The lowest BCUT2D eigenvalue weighted by atomic mass is 10.0. The predicted octanol–water partition coefficient (Wildman–Crippen LogP) is 4.49. The Labute approximate surface area is 131 Å². The van der Waals surface area contributed by atoms with Crippen LogP contribution in [-0.4, -0.2) is 15.8 Å². The van der Waals surface area contributed by atoms with E-state index in [1.165, 1.54) is 24.5 Å². The van der Waals surface area contributed by atoms with Gasteiger partial charge in [0.15, 0.2) is 5.82 Å². The quantitative estimate of drug-likeness (QED) is 0.533. The third kappa shape index (κ3) is 2.34. The molecule has 1 N–H and O–H groups in total. The van der Waals surface area contributed by atoms with E-state index in [-0.39, 0.29) is 10.0 Å². The predicted molar refractivity (Wildman–Crippen MR) is 78.6 cm³/mol. The minimum atomic E-state index is -0.940. The molecule has 0 atom stereocenters. The van der Waals surface area contributed by atoms with Gasteiger partial charge in [-0.05, 0) is 34.1 Å². The first-order chi connectivity index (χ1) is 9.99. The molecule has 0 aliphatic carbocycles. The summed E-state index contributed by atoms with van der Waals surface area (Å²) >= 11 is 8.78. The Kier molecular flexibility index (Phi) is 3.51. The molecule has 0 fully saturated rings. The number of aromatic nitrogens is 2. The average molecular weight is 372 g/mol. The summed E-state index contributed by atoms with van der Waals surface area (Å²) in [7, 11) is 0. The van der Waals surface area contributed by atoms with Crippen molar-refractivity contribution in [1.82, 2.24) is 9.97 Å². The van der Waals surface area contributed by atoms with E-state index in [0.29, 0.717) is 16.1 Å². The number of carbonyl (C=O) groups excluding carboxylic acids is 1. The first-order valence-corrected chi connectivity index (χ1v) is 6.97. The Morgan fingerprint density at radius 3 is 2.86 bits per heavy atom. The number of ketones is 1. The Morgan fingerprint density at radius 2 is 2.10 bits per heavy atom. The number of hydrogen-bond donors (Lipinski definition) is 1. The van der Waals surface area contributed by atoms with Crippen molar-refractivity contribution in [3.63, 3.8) is 0 Å². The fourth-order valence-corrected chi connectivity index (χ4v) is 2.52. The zero-order valence-electron chi connectivity index (χ0n) is 10.3. The maximum atomic E-state index is 14.0. The fourth-order valence-electron chi connectivity index (χ4n) is 2.04. The Morgan fingerprint density at radius 1 is 1.33 bits per heavy atom. The van der Waals surface area contributed by atoms with Crippen LogP contribution in [0.4, 0.5) is 8.78 Å². The van der Waals surface area contributed by atoms with E-state index < -0.39 is 23.0 Å². The van der Waals surface area contributed by atoms with Crippen LogP contribution in [0.1, 0.15) is 15.9 Å². The number of benzene rings is 1. The van der Waals surface area contributed by atoms with Crippen LogP contribution < -0.4 is 0 Å². The van der Waals surface area contributed by atoms with Crippen LogP contribution in [0.2, 0.25) is 5.02 Å². The highest BCUT2D eigenvalue weighted by Gasteiger charge is 2.23. The largest absolute Gasteiger partial charge is 0.345 e. The van der Waals surface area contributed by atoms with Crippen LogP contribution in [0.25, 0.3) is 11.0 Å². The number of halogens is 4. The second-order valence-electron chi connectivity index (χ2n) is 4.30. The number of aromatic amines is 1. The highest BCUT2D eigenvalue weighted by Crippen LogP contribution is 2.27. The van der Waals surface area contributed by atoms with Crippen molar-refractivity contribution in [2.24, 2.45) is 0 Å². The summed E-state index contributed by atoms with van der Waals surface area (Å²) in [6.45, 7) is 0. The molecule has 21 heavy (non-hydrogen) atoms. The van der Waals surface area contributed by atoms with Crippen LogP contribution in [0.3, 0.4) is 0 Å². The van der Waals surface area contributed by atoms with Crippen molar-refractivity contribution in [2.75, 3.05) is 0 Å². The van der Waals surface area contributed by atoms with Crippen molar-refractivity contribution < 1.29 is 13.6 Å². The second-order valence-corrected chi connectivity index (χ2v) is 5.59. The van der Waals surface area contributed by atoms with E-state index in [2.05, 4.69) is 25.9 Å². The van der Waals surface area contributed by atoms with Gasteiger partial charge in [-0.1, -0.05) is 11.6 Å². The fraction of sp³-hybridized carbons (Fsp3) is 0. The number of nitrogens with zero attached hydrogens (tertiary/aromatic N) is 1. The first-order valence-electron chi connectivity index (χ1n) is 5.80. The molecule has 0 unspecified atom stereocenters. The Balaban J connectivity index is 2.22. The van der Waals surface area contributed by atoms with Crippen LogP contribution in [-0.2, 0) is 0 Å². The molecule has 0 radical (unpaired) electrons. The van der Waals surface area contributed by atoms with Crippen LogP contribution in [0, 0.1) is 11.6 Å². The number of rotatable bonds is 2. The van der Waals surface area contributed by atoms with Crippen molar-refractivity contribution in [1.29, 1.82) is 0 Å². The third-order valence-electron chi connectivity index (χ3n) is 3.01. The lowest BCUT2D eigenvalue weighted by Crippen LogP contribution is -2.07. The van der Waals surface area contributed by atoms with Crippen LogP contribution in [0.15, 0.2) is 35.1 Å². The molecule has 2 aromatic heterocycles. The molecule has 0 saturated carbocycles. The SMILES string of the molecule is O=C(c1c(F)ccc(Br)c1F)c1c[nH]c2ncc(Cl)cc12. The highest BCUT2D eigenvalue weighted by atomic mass is 79.9. The van der Waals surface area contributed by atoms with E-state index in [1.807, 2.05) is 0 Å². The van der Waals surface area contributed by atoms with Crippen LogP contribution >= 0.6 is 27.5 Å². The highest BCUT2D eigenvalue weighted by molar-refractivity contribution is 9.10. The summed E-state index contributed by atoms with van der Waals surface area (Å²) in [5.41, 5.74) is -0.0975. The van der Waals surface area contributed by atoms with Gasteiger partial charge < -0.3 is 4.98 Å². The van der Waals surface area contributed by atoms with E-state index in [4.69, 9.17) is 11.6 Å². The Bertz CT molecular complexity index is 879. The van der Waals surface area contributed by atoms with Crippen molar-refractivity contribution in [3.8, 4) is 0 Å². The van der Waals surface area contributed by atoms with Crippen molar-refractivity contribution in [2.45, 2.75) is 0 Å². The summed E-state index contributed by atoms with van der Waals surface area (Å²) in [4.78, 5) is 19.2. The molecule has 1 aromatic carbocycles. The van der Waals surface area contributed by atoms with Gasteiger partial charge in [0, 0.05) is 23.3 Å². The molecule has 0 spiro atoms. The normalized spacial score (nSPS) is 11.0. The molecular formula is C14H6BrClF2N2O. The van der Waals surface area contributed by atoms with Gasteiger partial charge in [-0.2, -0.15) is 0 Å². The number of fused-ring (bicyclic) bond motifs is 1. The zero-order chi connectivity index (χ0) is 15.1. The number of H-pyrrole nitrogens is 1. The molecular weight excluding hydrogens is 366 g/mol. The second kappa shape index (κ2) is 5.20. The first kappa shape index (κ1) is 14.2. The Hall–Kier alpha value is -1.79. The van der Waals surface area contributed by atoms with Gasteiger partial charge in [0.2, 0.25) is 5.78 Å². The summed E-state index contributed by atoms with van der Waals surface area (Å²) < 4.78 is 27.9. The van der Waals surface area contributed by atoms with Crippen molar-refractivity contribution in [3.05, 3.63) is 62.8 Å². The maximum Gasteiger partial charge on any atom is 0.201 e. The lowest BCUT2D eigenvalue weighted by Gasteiger charge is -2.05. The smallest absolute Gasteiger partial charge is 0.201 e. The molecule has 3 rings (SSSR count). The number of hydrogen-bond acceptors (Lipinski definition) is 2. The van der Waals surface area contributed by atoms with Gasteiger partial charge in [0.05, 0.1) is 15.1 Å². The van der Waals surface area contributed by atoms with Gasteiger partial charge in [-0.15, -0.1) is 0 Å². The molecule has 3 aromatic rings. The molecule has 0 saturated heterocycles. The van der Waals surface area contributed by atoms with Gasteiger partial charge in [-0.3, -0.25) is 4.79 Å². The molecule has 106 valence electrons. The van der Waals surface area contributed by atoms with E-state index >= 15 is 0 Å². The zero-order valence-corrected chi connectivity index (χ0v) is 12.6. The summed E-state index contributed by atoms with van der Waals surface area (Å²) in [6, 6.07) is 3.75. The monoisotopic (exact) mass is 370 g/mol. The standard InChI is InChI=1S/C14H6BrClF2N2O/c15-9-1-2-10(17)11(12(9)18)13(21)8-5-20-14-7(8)3-6(16)4-19-14/h1-5H,(H,19,20). The van der Waals surface area contributed by atoms with Crippen molar-refractivity contribution >= 4 is 44.3 Å². The summed E-state index contributed by atoms with van der Waals surface area (Å²) in [5.74, 6) is -2.64. The minimum absolute atomic E-state index is 0.0169. The van der Waals surface area contributed by atoms with E-state index in [0.717, 1.165) is 6.07 Å². The number of nitrogens with one attached hydrogen (secondary N) is 1. The summed E-state index contributed by atoms with van der Waals surface area (Å²) in [5, 5.41) is 0.734. The van der Waals surface area contributed by atoms with Gasteiger partial charge in [-0.25, -0.2) is 13.8 Å². The van der Waals surface area contributed by atoms with Gasteiger partial charge in [0.25, 0.3) is 0 Å². The van der Waals surface area contributed by atoms with Gasteiger partial charge in [0.1, 0.15) is 11.5 Å². The lowest BCUT2D eigenvalue weighted by molar-refractivity contribution is 0.103. The van der Waals surface area contributed by atoms with Gasteiger partial charge >= 0.3 is 0 Å². The summed E-state index contributed by atoms with van der Waals surface area (Å²) in [6.07, 6.45) is 2.77.